The van der Waals surface area contributed by atoms with E-state index in [1.807, 2.05) is 0 Å². The number of thiophene rings is 1. The Kier molecular flexibility index (Phi) is 4.88. The molecule has 1 aromatic heterocycles. The van der Waals surface area contributed by atoms with Gasteiger partial charge in [-0.2, -0.15) is 13.2 Å². The molecule has 0 aliphatic carbocycles. The van der Waals surface area contributed by atoms with Crippen molar-refractivity contribution in [3.05, 3.63) is 27.1 Å². The molecule has 0 aromatic carbocycles. The van der Waals surface area contributed by atoms with Crippen molar-refractivity contribution in [3.63, 3.8) is 0 Å². The maximum Gasteiger partial charge on any atom is 0.389 e. The van der Waals surface area contributed by atoms with Gasteiger partial charge in [-0.3, -0.25) is 10.1 Å². The number of hydrogen-bond acceptors (Lipinski definition) is 4. The summed E-state index contributed by atoms with van der Waals surface area (Å²) in [7, 11) is 0. The molecule has 1 N–H and O–H groups in total. The normalized spacial score (nSPS) is 11.7. The molecular formula is C9H11F3N2O2S. The molecule has 1 aromatic rings. The number of nitrogens with one attached hydrogen (secondary N) is 1. The van der Waals surface area contributed by atoms with E-state index in [-0.39, 0.29) is 18.0 Å². The second-order valence-electron chi connectivity index (χ2n) is 3.45. The molecule has 8 heteroatoms. The molecule has 0 radical (unpaired) electrons. The number of nitro groups is 1. The lowest BCUT2D eigenvalue weighted by molar-refractivity contribution is -0.380. The van der Waals surface area contributed by atoms with Crippen LogP contribution in [-0.2, 0) is 6.54 Å². The van der Waals surface area contributed by atoms with Crippen molar-refractivity contribution >= 4 is 16.3 Å². The van der Waals surface area contributed by atoms with Gasteiger partial charge in [-0.05, 0) is 18.5 Å². The van der Waals surface area contributed by atoms with Gasteiger partial charge in [-0.25, -0.2) is 0 Å². The number of hydrogen-bond donors (Lipinski definition) is 1. The summed E-state index contributed by atoms with van der Waals surface area (Å²) < 4.78 is 35.4. The molecule has 0 bridgehead atoms. The summed E-state index contributed by atoms with van der Waals surface area (Å²) in [5.74, 6) is 0. The summed E-state index contributed by atoms with van der Waals surface area (Å²) in [5, 5.41) is 14.8. The molecule has 0 fully saturated rings. The zero-order valence-corrected chi connectivity index (χ0v) is 9.61. The Morgan fingerprint density at radius 2 is 2.18 bits per heavy atom. The summed E-state index contributed by atoms with van der Waals surface area (Å²) in [4.78, 5) is 9.88. The highest BCUT2D eigenvalue weighted by molar-refractivity contribution is 7.13. The average molecular weight is 268 g/mol. The molecule has 1 rings (SSSR count). The van der Waals surface area contributed by atoms with Crippen molar-refractivity contribution in [3.8, 4) is 0 Å². The topological polar surface area (TPSA) is 55.2 Å². The van der Waals surface area contributed by atoms with Crippen LogP contribution in [0.15, 0.2) is 11.4 Å². The number of alkyl halides is 3. The maximum atomic E-state index is 11.8. The van der Waals surface area contributed by atoms with E-state index in [1.54, 1.807) is 5.38 Å². The van der Waals surface area contributed by atoms with Gasteiger partial charge in [0, 0.05) is 24.4 Å². The zero-order valence-electron chi connectivity index (χ0n) is 8.79. The Labute approximate surface area is 99.6 Å². The van der Waals surface area contributed by atoms with Gasteiger partial charge in [-0.15, -0.1) is 0 Å². The third-order valence-corrected chi connectivity index (χ3v) is 2.89. The highest BCUT2D eigenvalue weighted by Crippen LogP contribution is 2.23. The first-order valence-electron chi connectivity index (χ1n) is 4.88. The summed E-state index contributed by atoms with van der Waals surface area (Å²) in [6, 6.07) is 1.42. The minimum Gasteiger partial charge on any atom is -0.313 e. The molecule has 0 saturated carbocycles. The van der Waals surface area contributed by atoms with Gasteiger partial charge in [-0.1, -0.05) is 11.3 Å². The van der Waals surface area contributed by atoms with E-state index in [0.29, 0.717) is 12.1 Å². The molecule has 0 spiro atoms. The van der Waals surface area contributed by atoms with E-state index < -0.39 is 17.5 Å². The minimum absolute atomic E-state index is 0.00965. The molecule has 96 valence electrons. The Morgan fingerprint density at radius 1 is 1.47 bits per heavy atom. The molecule has 4 nitrogen and oxygen atoms in total. The highest BCUT2D eigenvalue weighted by Gasteiger charge is 2.25. The van der Waals surface area contributed by atoms with Crippen LogP contribution < -0.4 is 5.32 Å². The second-order valence-corrected chi connectivity index (χ2v) is 4.34. The molecule has 1 heterocycles. The van der Waals surface area contributed by atoms with E-state index in [4.69, 9.17) is 0 Å². The van der Waals surface area contributed by atoms with Crippen LogP contribution in [0.25, 0.3) is 0 Å². The van der Waals surface area contributed by atoms with E-state index in [1.165, 1.54) is 6.07 Å². The summed E-state index contributed by atoms with van der Waals surface area (Å²) >= 11 is 1.01. The number of halogens is 3. The van der Waals surface area contributed by atoms with Crippen molar-refractivity contribution in [2.75, 3.05) is 6.54 Å². The SMILES string of the molecule is O=[N+]([O-])c1cc(CNCCCC(F)(F)F)cs1. The van der Waals surface area contributed by atoms with Crippen LogP contribution in [0.3, 0.4) is 0 Å². The third kappa shape index (κ3) is 5.64. The van der Waals surface area contributed by atoms with E-state index in [0.717, 1.165) is 11.3 Å². The lowest BCUT2D eigenvalue weighted by atomic mass is 10.3. The Bertz CT molecular complexity index is 379. The van der Waals surface area contributed by atoms with E-state index in [2.05, 4.69) is 5.32 Å². The smallest absolute Gasteiger partial charge is 0.313 e. The Morgan fingerprint density at radius 3 is 2.71 bits per heavy atom. The van der Waals surface area contributed by atoms with Crippen molar-refractivity contribution in [2.24, 2.45) is 0 Å². The molecule has 0 aliphatic rings. The van der Waals surface area contributed by atoms with Crippen molar-refractivity contribution < 1.29 is 18.1 Å². The maximum absolute atomic E-state index is 11.8. The highest BCUT2D eigenvalue weighted by atomic mass is 32.1. The van der Waals surface area contributed by atoms with E-state index >= 15 is 0 Å². The van der Waals surface area contributed by atoms with Crippen LogP contribution in [0.2, 0.25) is 0 Å². The van der Waals surface area contributed by atoms with Gasteiger partial charge in [0.25, 0.3) is 0 Å². The van der Waals surface area contributed by atoms with Crippen LogP contribution in [0.5, 0.6) is 0 Å². The molecular weight excluding hydrogens is 257 g/mol. The third-order valence-electron chi connectivity index (χ3n) is 1.96. The first-order chi connectivity index (χ1) is 7.88. The summed E-state index contributed by atoms with van der Waals surface area (Å²) in [5.41, 5.74) is 0.716. The minimum atomic E-state index is -4.12. The van der Waals surface area contributed by atoms with Gasteiger partial charge >= 0.3 is 11.2 Å². The summed E-state index contributed by atoms with van der Waals surface area (Å²) in [6.07, 6.45) is -4.93. The van der Waals surface area contributed by atoms with Gasteiger partial charge in [0.2, 0.25) is 0 Å². The fourth-order valence-electron chi connectivity index (χ4n) is 1.20. The quantitative estimate of drug-likeness (QED) is 0.490. The monoisotopic (exact) mass is 268 g/mol. The fraction of sp³-hybridized carbons (Fsp3) is 0.556. The first-order valence-corrected chi connectivity index (χ1v) is 5.76. The predicted octanol–water partition coefficient (Wildman–Crippen LogP) is 3.09. The van der Waals surface area contributed by atoms with Crippen LogP contribution >= 0.6 is 11.3 Å². The van der Waals surface area contributed by atoms with Crippen molar-refractivity contribution in [2.45, 2.75) is 25.6 Å². The largest absolute Gasteiger partial charge is 0.389 e. The molecule has 17 heavy (non-hydrogen) atoms. The standard InChI is InChI=1S/C9H11F3N2O2S/c10-9(11,12)2-1-3-13-5-7-4-8(14(15)16)17-6-7/h4,6,13H,1-3,5H2. The van der Waals surface area contributed by atoms with Gasteiger partial charge in [0.1, 0.15) is 0 Å². The molecule has 0 amide bonds. The fourth-order valence-corrected chi connectivity index (χ4v) is 1.93. The molecule has 0 saturated heterocycles. The molecule has 0 unspecified atom stereocenters. The lowest BCUT2D eigenvalue weighted by Crippen LogP contribution is -2.17. The lowest BCUT2D eigenvalue weighted by Gasteiger charge is -2.06. The van der Waals surface area contributed by atoms with Crippen molar-refractivity contribution in [1.29, 1.82) is 0 Å². The second kappa shape index (κ2) is 5.97. The average Bonchev–Trinajstić information content (AvgIpc) is 2.64. The van der Waals surface area contributed by atoms with Gasteiger partial charge < -0.3 is 5.32 Å². The van der Waals surface area contributed by atoms with Crippen LogP contribution in [0, 0.1) is 10.1 Å². The molecule has 0 atom stereocenters. The van der Waals surface area contributed by atoms with Crippen LogP contribution in [-0.4, -0.2) is 17.6 Å². The van der Waals surface area contributed by atoms with Crippen LogP contribution in [0.1, 0.15) is 18.4 Å². The Hall–Kier alpha value is -1.15. The molecule has 0 aliphatic heterocycles. The van der Waals surface area contributed by atoms with Crippen LogP contribution in [0.4, 0.5) is 18.2 Å². The predicted molar refractivity (Wildman–Crippen MR) is 58.0 cm³/mol. The summed E-state index contributed by atoms with van der Waals surface area (Å²) in [6.45, 7) is 0.589. The van der Waals surface area contributed by atoms with Crippen molar-refractivity contribution in [1.82, 2.24) is 5.32 Å². The Balaban J connectivity index is 2.20. The number of nitrogens with zero attached hydrogens (tertiary/aromatic N) is 1. The zero-order chi connectivity index (χ0) is 12.9. The van der Waals surface area contributed by atoms with Gasteiger partial charge in [0.05, 0.1) is 4.92 Å². The number of rotatable bonds is 6. The van der Waals surface area contributed by atoms with E-state index in [9.17, 15) is 23.3 Å². The first kappa shape index (κ1) is 13.9. The van der Waals surface area contributed by atoms with Gasteiger partial charge in [0.15, 0.2) is 0 Å².